The van der Waals surface area contributed by atoms with Gasteiger partial charge in [0.1, 0.15) is 5.75 Å². The van der Waals surface area contributed by atoms with Gasteiger partial charge in [-0.15, -0.1) is 0 Å². The molecule has 0 spiro atoms. The zero-order valence-corrected chi connectivity index (χ0v) is 17.7. The monoisotopic (exact) mass is 452 g/mol. The van der Waals surface area contributed by atoms with Crippen molar-refractivity contribution < 1.29 is 4.74 Å². The van der Waals surface area contributed by atoms with E-state index < -0.39 is 0 Å². The highest BCUT2D eigenvalue weighted by atomic mass is 79.9. The number of halogens is 1. The minimum Gasteiger partial charge on any atom is -0.454 e. The summed E-state index contributed by atoms with van der Waals surface area (Å²) in [5.41, 5.74) is 9.15. The number of benzene rings is 3. The first-order chi connectivity index (χ1) is 13.7. The molecule has 1 atom stereocenters. The van der Waals surface area contributed by atoms with Crippen molar-refractivity contribution in [3.63, 3.8) is 0 Å². The van der Waals surface area contributed by atoms with Crippen LogP contribution in [0.25, 0.3) is 0 Å². The summed E-state index contributed by atoms with van der Waals surface area (Å²) in [6, 6.07) is 26.7. The second-order valence-corrected chi connectivity index (χ2v) is 9.18. The number of hydrogen-bond donors (Lipinski definition) is 1. The number of nitrogens with two attached hydrogens (primary N) is 1. The minimum atomic E-state index is -0.0805. The lowest BCUT2D eigenvalue weighted by atomic mass is 10.2. The summed E-state index contributed by atoms with van der Waals surface area (Å²) in [6.07, 6.45) is 2.11. The SMILES string of the molecule is Nc1ccc(OC2=CN(Cc3ccccc3)S(Cc3ccccc3)=C2)c(Br)c1. The number of nitrogens with zero attached hydrogens (tertiary/aromatic N) is 1. The highest BCUT2D eigenvalue weighted by Gasteiger charge is 2.18. The predicted octanol–water partition coefficient (Wildman–Crippen LogP) is 5.95. The Morgan fingerprint density at radius 3 is 2.25 bits per heavy atom. The molecule has 3 aromatic carbocycles. The van der Waals surface area contributed by atoms with E-state index in [9.17, 15) is 0 Å². The molecule has 3 nitrogen and oxygen atoms in total. The minimum absolute atomic E-state index is 0.0805. The molecule has 4 rings (SSSR count). The Balaban J connectivity index is 1.58. The second-order valence-electron chi connectivity index (χ2n) is 6.53. The summed E-state index contributed by atoms with van der Waals surface area (Å²) in [7, 11) is -0.0805. The van der Waals surface area contributed by atoms with E-state index in [0.717, 1.165) is 28.3 Å². The van der Waals surface area contributed by atoms with Crippen molar-refractivity contribution in [2.24, 2.45) is 0 Å². The standard InChI is InChI=1S/C23H21BrN2OS/c24-22-13-20(25)11-12-23(22)27-21-15-26(14-18-7-3-1-4-8-18)28(17-21)16-19-9-5-2-6-10-19/h1-13,15,17H,14,16,25H2. The van der Waals surface area contributed by atoms with Crippen molar-refractivity contribution in [2.45, 2.75) is 12.3 Å². The van der Waals surface area contributed by atoms with Crippen molar-refractivity contribution in [3.8, 4) is 5.75 Å². The van der Waals surface area contributed by atoms with E-state index in [-0.39, 0.29) is 10.7 Å². The van der Waals surface area contributed by atoms with Gasteiger partial charge in [-0.05, 0) is 45.3 Å². The summed E-state index contributed by atoms with van der Waals surface area (Å²) in [6.45, 7) is 0.850. The molecule has 28 heavy (non-hydrogen) atoms. The van der Waals surface area contributed by atoms with Gasteiger partial charge in [-0.1, -0.05) is 71.3 Å². The van der Waals surface area contributed by atoms with Crippen LogP contribution in [0.15, 0.2) is 95.3 Å². The Morgan fingerprint density at radius 1 is 0.893 bits per heavy atom. The van der Waals surface area contributed by atoms with Crippen molar-refractivity contribution in [1.29, 1.82) is 0 Å². The normalized spacial score (nSPS) is 15.8. The Bertz CT molecular complexity index is 1020. The fourth-order valence-electron chi connectivity index (χ4n) is 2.98. The van der Waals surface area contributed by atoms with Gasteiger partial charge in [0, 0.05) is 16.8 Å². The maximum Gasteiger partial charge on any atom is 0.151 e. The smallest absolute Gasteiger partial charge is 0.151 e. The molecule has 142 valence electrons. The first kappa shape index (κ1) is 18.8. The summed E-state index contributed by atoms with van der Waals surface area (Å²) < 4.78 is 9.38. The molecular weight excluding hydrogens is 432 g/mol. The molecule has 0 saturated heterocycles. The highest BCUT2D eigenvalue weighted by molar-refractivity contribution is 9.10. The third-order valence-electron chi connectivity index (χ3n) is 4.35. The van der Waals surface area contributed by atoms with E-state index in [1.165, 1.54) is 11.1 Å². The zero-order valence-electron chi connectivity index (χ0n) is 15.3. The third-order valence-corrected chi connectivity index (χ3v) is 6.94. The van der Waals surface area contributed by atoms with Crippen LogP contribution in [0, 0.1) is 0 Å². The van der Waals surface area contributed by atoms with Crippen LogP contribution in [0.4, 0.5) is 5.69 Å². The average molecular weight is 453 g/mol. The zero-order chi connectivity index (χ0) is 19.3. The Labute approximate surface area is 176 Å². The van der Waals surface area contributed by atoms with Crippen LogP contribution in [0.1, 0.15) is 11.1 Å². The first-order valence-corrected chi connectivity index (χ1v) is 11.2. The van der Waals surface area contributed by atoms with Gasteiger partial charge in [-0.3, -0.25) is 0 Å². The fraction of sp³-hybridized carbons (Fsp3) is 0.0870. The molecule has 0 aromatic heterocycles. The number of ether oxygens (including phenoxy) is 1. The molecule has 0 aliphatic carbocycles. The third kappa shape index (κ3) is 4.66. The highest BCUT2D eigenvalue weighted by Crippen LogP contribution is 2.35. The topological polar surface area (TPSA) is 38.5 Å². The molecule has 2 N–H and O–H groups in total. The van der Waals surface area contributed by atoms with Crippen LogP contribution in [0.2, 0.25) is 0 Å². The van der Waals surface area contributed by atoms with Crippen LogP contribution < -0.4 is 10.5 Å². The molecule has 1 aliphatic heterocycles. The maximum atomic E-state index is 6.17. The molecule has 1 heterocycles. The summed E-state index contributed by atoms with van der Waals surface area (Å²) in [4.78, 5) is 0. The second kappa shape index (κ2) is 8.67. The fourth-order valence-corrected chi connectivity index (χ4v) is 5.31. The average Bonchev–Trinajstić information content (AvgIpc) is 3.06. The van der Waals surface area contributed by atoms with Crippen molar-refractivity contribution in [2.75, 3.05) is 5.73 Å². The number of anilines is 1. The number of rotatable bonds is 6. The van der Waals surface area contributed by atoms with Gasteiger partial charge in [0.25, 0.3) is 0 Å². The molecule has 0 bridgehead atoms. The maximum absolute atomic E-state index is 6.17. The molecule has 0 fully saturated rings. The van der Waals surface area contributed by atoms with Gasteiger partial charge in [-0.2, -0.15) is 0 Å². The van der Waals surface area contributed by atoms with Crippen LogP contribution in [-0.2, 0) is 12.3 Å². The molecule has 0 amide bonds. The van der Waals surface area contributed by atoms with Gasteiger partial charge in [0.15, 0.2) is 5.76 Å². The molecule has 0 saturated carbocycles. The molecule has 1 aliphatic rings. The molecule has 3 aromatic rings. The Morgan fingerprint density at radius 2 is 1.57 bits per heavy atom. The molecular formula is C23H21BrN2OS. The van der Waals surface area contributed by atoms with E-state index in [1.54, 1.807) is 0 Å². The van der Waals surface area contributed by atoms with Crippen LogP contribution >= 0.6 is 26.6 Å². The van der Waals surface area contributed by atoms with Gasteiger partial charge in [-0.25, -0.2) is 0 Å². The van der Waals surface area contributed by atoms with Gasteiger partial charge >= 0.3 is 0 Å². The van der Waals surface area contributed by atoms with E-state index in [4.69, 9.17) is 10.5 Å². The summed E-state index contributed by atoms with van der Waals surface area (Å²) in [5, 5.41) is 2.22. The lowest BCUT2D eigenvalue weighted by Gasteiger charge is -2.21. The van der Waals surface area contributed by atoms with Gasteiger partial charge in [0.05, 0.1) is 17.2 Å². The van der Waals surface area contributed by atoms with E-state index in [2.05, 4.69) is 86.4 Å². The Hall–Kier alpha value is -2.50. The summed E-state index contributed by atoms with van der Waals surface area (Å²) in [5.74, 6) is 2.59. The lowest BCUT2D eigenvalue weighted by molar-refractivity contribution is 0.443. The molecule has 5 heteroatoms. The van der Waals surface area contributed by atoms with Crippen LogP contribution in [0.5, 0.6) is 5.75 Å². The largest absolute Gasteiger partial charge is 0.454 e. The molecule has 1 unspecified atom stereocenters. The summed E-state index contributed by atoms with van der Waals surface area (Å²) >= 11 is 3.53. The van der Waals surface area contributed by atoms with Gasteiger partial charge in [0.2, 0.25) is 0 Å². The van der Waals surface area contributed by atoms with E-state index >= 15 is 0 Å². The quantitative estimate of drug-likeness (QED) is 0.370. The van der Waals surface area contributed by atoms with Crippen LogP contribution in [-0.4, -0.2) is 9.67 Å². The number of nitrogen functional groups attached to an aromatic ring is 1. The van der Waals surface area contributed by atoms with Crippen molar-refractivity contribution in [3.05, 3.63) is 106 Å². The molecule has 0 radical (unpaired) electrons. The van der Waals surface area contributed by atoms with Crippen LogP contribution in [0.3, 0.4) is 0 Å². The number of allylic oxidation sites excluding steroid dienone is 1. The van der Waals surface area contributed by atoms with E-state index in [0.29, 0.717) is 5.69 Å². The number of hydrogen-bond acceptors (Lipinski definition) is 3. The van der Waals surface area contributed by atoms with E-state index in [1.807, 2.05) is 24.3 Å². The Kier molecular flexibility index (Phi) is 5.84. The first-order valence-electron chi connectivity index (χ1n) is 9.01. The van der Waals surface area contributed by atoms with Gasteiger partial charge < -0.3 is 14.8 Å². The van der Waals surface area contributed by atoms with Crippen molar-refractivity contribution >= 4 is 37.7 Å². The lowest BCUT2D eigenvalue weighted by Crippen LogP contribution is -2.09. The van der Waals surface area contributed by atoms with Crippen molar-refractivity contribution in [1.82, 2.24) is 4.31 Å². The predicted molar refractivity (Wildman–Crippen MR) is 123 cm³/mol.